The lowest BCUT2D eigenvalue weighted by Gasteiger charge is -2.25. The lowest BCUT2D eigenvalue weighted by atomic mass is 9.89. The fraction of sp³-hybridized carbons (Fsp3) is 0.136. The summed E-state index contributed by atoms with van der Waals surface area (Å²) in [6.45, 7) is 1.75. The molecule has 0 bridgehead atoms. The minimum atomic E-state index is -1.30. The quantitative estimate of drug-likeness (QED) is 0.599. The number of benzene rings is 2. The van der Waals surface area contributed by atoms with Gasteiger partial charge in [0.05, 0.1) is 18.3 Å². The maximum atomic E-state index is 11.4. The van der Waals surface area contributed by atoms with Gasteiger partial charge in [-0.15, -0.1) is 0 Å². The molecule has 1 atom stereocenters. The molecule has 2 heterocycles. The second-order valence-electron chi connectivity index (χ2n) is 6.46. The highest BCUT2D eigenvalue weighted by Crippen LogP contribution is 2.34. The Morgan fingerprint density at radius 3 is 2.41 bits per heavy atom. The topological polar surface area (TPSA) is 68.1 Å². The van der Waals surface area contributed by atoms with Gasteiger partial charge >= 0.3 is 0 Å². The van der Waals surface area contributed by atoms with Crippen LogP contribution in [0.4, 0.5) is 0 Å². The molecule has 0 aliphatic carbocycles. The highest BCUT2D eigenvalue weighted by Gasteiger charge is 2.30. The van der Waals surface area contributed by atoms with E-state index in [4.69, 9.17) is 9.72 Å². The van der Waals surface area contributed by atoms with Crippen LogP contribution in [0.3, 0.4) is 0 Å². The Labute approximate surface area is 157 Å². The number of hydrogen-bond acceptors (Lipinski definition) is 5. The van der Waals surface area contributed by atoms with Gasteiger partial charge in [0.25, 0.3) is 0 Å². The molecule has 27 heavy (non-hydrogen) atoms. The molecule has 2 aromatic heterocycles. The summed E-state index contributed by atoms with van der Waals surface area (Å²) in [5, 5.41) is 12.3. The number of fused-ring (bicyclic) bond motifs is 1. The highest BCUT2D eigenvalue weighted by atomic mass is 16.5. The molecule has 0 spiro atoms. The Bertz CT molecular complexity index is 1080. The summed E-state index contributed by atoms with van der Waals surface area (Å²) in [6.07, 6.45) is 3.43. The fourth-order valence-corrected chi connectivity index (χ4v) is 3.12. The van der Waals surface area contributed by atoms with Crippen molar-refractivity contribution < 1.29 is 9.84 Å². The van der Waals surface area contributed by atoms with Crippen molar-refractivity contribution in [2.75, 3.05) is 7.11 Å². The first-order chi connectivity index (χ1) is 13.1. The van der Waals surface area contributed by atoms with E-state index >= 15 is 0 Å². The molecule has 4 aromatic rings. The predicted octanol–water partition coefficient (Wildman–Crippen LogP) is 3.96. The Morgan fingerprint density at radius 2 is 1.70 bits per heavy atom. The maximum absolute atomic E-state index is 11.4. The number of pyridine rings is 1. The van der Waals surface area contributed by atoms with Crippen molar-refractivity contribution in [3.63, 3.8) is 0 Å². The predicted molar refractivity (Wildman–Crippen MR) is 104 cm³/mol. The van der Waals surface area contributed by atoms with Crippen LogP contribution < -0.4 is 4.74 Å². The van der Waals surface area contributed by atoms with Gasteiger partial charge in [0, 0.05) is 23.3 Å². The minimum Gasteiger partial charge on any atom is -0.497 e. The smallest absolute Gasteiger partial charge is 0.161 e. The molecule has 0 fully saturated rings. The molecule has 0 saturated heterocycles. The average molecular weight is 357 g/mol. The maximum Gasteiger partial charge on any atom is 0.161 e. The van der Waals surface area contributed by atoms with Gasteiger partial charge in [-0.1, -0.05) is 30.3 Å². The lowest BCUT2D eigenvalue weighted by molar-refractivity contribution is 0.0991. The van der Waals surface area contributed by atoms with E-state index in [0.29, 0.717) is 11.5 Å². The van der Waals surface area contributed by atoms with Gasteiger partial charge < -0.3 is 9.84 Å². The summed E-state index contributed by atoms with van der Waals surface area (Å²) < 4.78 is 5.22. The van der Waals surface area contributed by atoms with Gasteiger partial charge in [-0.25, -0.2) is 9.97 Å². The SMILES string of the molecule is COc1ccc(C(C)(O)c2nc(-c3cccnc3)nc3ccccc23)cc1. The summed E-state index contributed by atoms with van der Waals surface area (Å²) in [6, 6.07) is 18.8. The molecule has 5 heteroatoms. The first kappa shape index (κ1) is 17.1. The van der Waals surface area contributed by atoms with Crippen molar-refractivity contribution in [3.05, 3.63) is 84.3 Å². The van der Waals surface area contributed by atoms with Crippen LogP contribution in [0.5, 0.6) is 5.75 Å². The number of rotatable bonds is 4. The largest absolute Gasteiger partial charge is 0.497 e. The Balaban J connectivity index is 1.93. The van der Waals surface area contributed by atoms with Crippen LogP contribution in [0.25, 0.3) is 22.3 Å². The summed E-state index contributed by atoms with van der Waals surface area (Å²) in [5.41, 5.74) is 1.55. The average Bonchev–Trinajstić information content (AvgIpc) is 2.73. The van der Waals surface area contributed by atoms with Crippen LogP contribution in [0.2, 0.25) is 0 Å². The van der Waals surface area contributed by atoms with Crippen molar-refractivity contribution in [2.24, 2.45) is 0 Å². The summed E-state index contributed by atoms with van der Waals surface area (Å²) in [5.74, 6) is 1.27. The standard InChI is InChI=1S/C22H19N3O2/c1-22(26,16-9-11-17(27-2)12-10-16)20-18-7-3-4-8-19(18)24-21(25-20)15-6-5-13-23-14-15/h3-14,26H,1-2H3. The van der Waals surface area contributed by atoms with Crippen LogP contribution in [0.1, 0.15) is 18.2 Å². The number of methoxy groups -OCH3 is 1. The molecule has 4 rings (SSSR count). The third-order valence-electron chi connectivity index (χ3n) is 4.64. The zero-order valence-electron chi connectivity index (χ0n) is 15.1. The molecule has 0 radical (unpaired) electrons. The molecule has 134 valence electrons. The van der Waals surface area contributed by atoms with Gasteiger partial charge in [-0.3, -0.25) is 4.98 Å². The molecule has 1 N–H and O–H groups in total. The van der Waals surface area contributed by atoms with E-state index in [9.17, 15) is 5.11 Å². The Hall–Kier alpha value is -3.31. The number of aromatic nitrogens is 3. The molecule has 2 aromatic carbocycles. The molecule has 0 aliphatic heterocycles. The lowest BCUT2D eigenvalue weighted by Crippen LogP contribution is -2.25. The van der Waals surface area contributed by atoms with Gasteiger partial charge in [-0.05, 0) is 42.8 Å². The first-order valence-electron chi connectivity index (χ1n) is 8.64. The van der Waals surface area contributed by atoms with Crippen molar-refractivity contribution in [1.29, 1.82) is 0 Å². The Morgan fingerprint density at radius 1 is 0.926 bits per heavy atom. The first-order valence-corrected chi connectivity index (χ1v) is 8.64. The van der Waals surface area contributed by atoms with Gasteiger partial charge in [0.15, 0.2) is 5.82 Å². The number of hydrogen-bond donors (Lipinski definition) is 1. The number of ether oxygens (including phenoxy) is 1. The molecule has 0 amide bonds. The number of para-hydroxylation sites is 1. The Kier molecular flexibility index (Phi) is 4.30. The van der Waals surface area contributed by atoms with Gasteiger partial charge in [-0.2, -0.15) is 0 Å². The molecular formula is C22H19N3O2. The van der Waals surface area contributed by atoms with Crippen LogP contribution in [-0.2, 0) is 5.60 Å². The zero-order chi connectivity index (χ0) is 18.9. The zero-order valence-corrected chi connectivity index (χ0v) is 15.1. The number of aliphatic hydroxyl groups is 1. The highest BCUT2D eigenvalue weighted by molar-refractivity contribution is 5.84. The summed E-state index contributed by atoms with van der Waals surface area (Å²) in [4.78, 5) is 13.5. The van der Waals surface area contributed by atoms with E-state index in [1.807, 2.05) is 60.7 Å². The van der Waals surface area contributed by atoms with E-state index < -0.39 is 5.60 Å². The normalized spacial score (nSPS) is 13.3. The van der Waals surface area contributed by atoms with E-state index in [1.54, 1.807) is 26.4 Å². The second kappa shape index (κ2) is 6.78. The number of nitrogens with zero attached hydrogens (tertiary/aromatic N) is 3. The van der Waals surface area contributed by atoms with Crippen molar-refractivity contribution >= 4 is 10.9 Å². The van der Waals surface area contributed by atoms with Gasteiger partial charge in [0.1, 0.15) is 11.4 Å². The van der Waals surface area contributed by atoms with Gasteiger partial charge in [0.2, 0.25) is 0 Å². The molecule has 1 unspecified atom stereocenters. The second-order valence-corrected chi connectivity index (χ2v) is 6.46. The monoisotopic (exact) mass is 357 g/mol. The van der Waals surface area contributed by atoms with Crippen molar-refractivity contribution in [1.82, 2.24) is 15.0 Å². The molecule has 0 saturated carbocycles. The van der Waals surface area contributed by atoms with E-state index in [1.165, 1.54) is 0 Å². The third kappa shape index (κ3) is 3.13. The third-order valence-corrected chi connectivity index (χ3v) is 4.64. The summed E-state index contributed by atoms with van der Waals surface area (Å²) >= 11 is 0. The van der Waals surface area contributed by atoms with Crippen LogP contribution in [0, 0.1) is 0 Å². The van der Waals surface area contributed by atoms with Crippen molar-refractivity contribution in [3.8, 4) is 17.1 Å². The molecule has 0 aliphatic rings. The van der Waals surface area contributed by atoms with Crippen LogP contribution >= 0.6 is 0 Å². The van der Waals surface area contributed by atoms with Crippen LogP contribution in [0.15, 0.2) is 73.1 Å². The van der Waals surface area contributed by atoms with E-state index in [-0.39, 0.29) is 0 Å². The molecule has 5 nitrogen and oxygen atoms in total. The molecular weight excluding hydrogens is 338 g/mol. The van der Waals surface area contributed by atoms with Crippen LogP contribution in [-0.4, -0.2) is 27.2 Å². The summed E-state index contributed by atoms with van der Waals surface area (Å²) in [7, 11) is 1.62. The minimum absolute atomic E-state index is 0.533. The van der Waals surface area contributed by atoms with E-state index in [2.05, 4.69) is 9.97 Å². The van der Waals surface area contributed by atoms with E-state index in [0.717, 1.165) is 27.8 Å². The van der Waals surface area contributed by atoms with Crippen molar-refractivity contribution in [2.45, 2.75) is 12.5 Å². The fourth-order valence-electron chi connectivity index (χ4n) is 3.12.